The first-order valence-electron chi connectivity index (χ1n) is 10.5. The van der Waals surface area contributed by atoms with Gasteiger partial charge in [-0.3, -0.25) is 14.5 Å². The zero-order valence-electron chi connectivity index (χ0n) is 17.6. The van der Waals surface area contributed by atoms with Crippen molar-refractivity contribution in [1.82, 2.24) is 19.7 Å². The molecule has 4 rings (SSSR count). The Labute approximate surface area is 177 Å². The molecule has 1 amide bonds. The largest absolute Gasteiger partial charge is 0.497 e. The fourth-order valence-electron chi connectivity index (χ4n) is 4.18. The zero-order valence-corrected chi connectivity index (χ0v) is 17.6. The minimum Gasteiger partial charge on any atom is -0.497 e. The van der Waals surface area contributed by atoms with Gasteiger partial charge < -0.3 is 9.64 Å². The van der Waals surface area contributed by atoms with Gasteiger partial charge >= 0.3 is 0 Å². The average molecular weight is 405 g/mol. The second-order valence-electron chi connectivity index (χ2n) is 7.81. The van der Waals surface area contributed by atoms with E-state index in [1.165, 1.54) is 6.42 Å². The summed E-state index contributed by atoms with van der Waals surface area (Å²) in [5, 5.41) is 4.56. The quantitative estimate of drug-likeness (QED) is 0.608. The molecule has 0 unspecified atom stereocenters. The zero-order chi connectivity index (χ0) is 20.9. The van der Waals surface area contributed by atoms with Crippen LogP contribution in [-0.4, -0.2) is 38.7 Å². The Bertz CT molecular complexity index is 976. The Hall–Kier alpha value is -3.15. The molecule has 30 heavy (non-hydrogen) atoms. The van der Waals surface area contributed by atoms with Crippen molar-refractivity contribution in [2.45, 2.75) is 44.7 Å². The van der Waals surface area contributed by atoms with Crippen LogP contribution in [0.15, 0.2) is 54.7 Å². The number of aryl methyl sites for hydroxylation is 1. The summed E-state index contributed by atoms with van der Waals surface area (Å²) in [5.41, 5.74) is 3.29. The fourth-order valence-corrected chi connectivity index (χ4v) is 4.18. The maximum Gasteiger partial charge on any atom is 0.274 e. The summed E-state index contributed by atoms with van der Waals surface area (Å²) in [6, 6.07) is 15.8. The maximum atomic E-state index is 13.5. The van der Waals surface area contributed by atoms with E-state index in [4.69, 9.17) is 4.74 Å². The molecule has 1 fully saturated rings. The summed E-state index contributed by atoms with van der Waals surface area (Å²) in [7, 11) is 3.53. The van der Waals surface area contributed by atoms with E-state index in [0.29, 0.717) is 12.2 Å². The summed E-state index contributed by atoms with van der Waals surface area (Å²) in [6.07, 6.45) is 7.42. The number of ether oxygens (including phenoxy) is 1. The van der Waals surface area contributed by atoms with Gasteiger partial charge in [0.05, 0.1) is 25.0 Å². The van der Waals surface area contributed by atoms with Gasteiger partial charge in [0.2, 0.25) is 0 Å². The minimum absolute atomic E-state index is 0.0251. The van der Waals surface area contributed by atoms with Crippen molar-refractivity contribution in [3.05, 3.63) is 66.1 Å². The van der Waals surface area contributed by atoms with Gasteiger partial charge in [0.1, 0.15) is 5.75 Å². The molecule has 0 aliphatic heterocycles. The normalized spacial score (nSPS) is 14.5. The predicted molar refractivity (Wildman–Crippen MR) is 116 cm³/mol. The Morgan fingerprint density at radius 2 is 1.90 bits per heavy atom. The van der Waals surface area contributed by atoms with Gasteiger partial charge in [-0.2, -0.15) is 5.10 Å². The van der Waals surface area contributed by atoms with Crippen molar-refractivity contribution in [2.24, 2.45) is 7.05 Å². The molecule has 0 spiro atoms. The smallest absolute Gasteiger partial charge is 0.274 e. The van der Waals surface area contributed by atoms with E-state index >= 15 is 0 Å². The molecule has 0 N–H and O–H groups in total. The van der Waals surface area contributed by atoms with Crippen LogP contribution in [-0.2, 0) is 13.6 Å². The SMILES string of the molecule is COc1ccc(-c2cc(C(=O)N(Cc3ccccn3)C3CCCCC3)nn2C)cc1. The van der Waals surface area contributed by atoms with Crippen molar-refractivity contribution < 1.29 is 9.53 Å². The number of hydrogen-bond acceptors (Lipinski definition) is 4. The molecule has 0 bridgehead atoms. The van der Waals surface area contributed by atoms with Crippen LogP contribution in [0, 0.1) is 0 Å². The predicted octanol–water partition coefficient (Wildman–Crippen LogP) is 4.47. The van der Waals surface area contributed by atoms with Crippen LogP contribution in [0.25, 0.3) is 11.3 Å². The highest BCUT2D eigenvalue weighted by Gasteiger charge is 2.28. The van der Waals surface area contributed by atoms with Gasteiger partial charge in [-0.1, -0.05) is 25.3 Å². The molecule has 0 radical (unpaired) electrons. The topological polar surface area (TPSA) is 60.2 Å². The van der Waals surface area contributed by atoms with Crippen molar-refractivity contribution in [2.75, 3.05) is 7.11 Å². The third kappa shape index (κ3) is 4.37. The average Bonchev–Trinajstić information content (AvgIpc) is 3.20. The lowest BCUT2D eigenvalue weighted by Gasteiger charge is -2.33. The molecule has 156 valence electrons. The number of carbonyl (C=O) groups excluding carboxylic acids is 1. The van der Waals surface area contributed by atoms with Gasteiger partial charge in [-0.05, 0) is 55.3 Å². The molecule has 2 aromatic heterocycles. The molecular formula is C24H28N4O2. The van der Waals surface area contributed by atoms with Gasteiger partial charge in [0, 0.05) is 24.8 Å². The number of amides is 1. The van der Waals surface area contributed by atoms with Crippen molar-refractivity contribution in [3.63, 3.8) is 0 Å². The van der Waals surface area contributed by atoms with Crippen LogP contribution in [0.5, 0.6) is 5.75 Å². The number of hydrogen-bond donors (Lipinski definition) is 0. The lowest BCUT2D eigenvalue weighted by atomic mass is 9.93. The molecule has 6 heteroatoms. The Balaban J connectivity index is 1.62. The molecule has 1 saturated carbocycles. The minimum atomic E-state index is -0.0251. The highest BCUT2D eigenvalue weighted by molar-refractivity contribution is 5.93. The van der Waals surface area contributed by atoms with Crippen LogP contribution in [0.1, 0.15) is 48.3 Å². The van der Waals surface area contributed by atoms with Crippen molar-refractivity contribution in [1.29, 1.82) is 0 Å². The first-order chi connectivity index (χ1) is 14.7. The van der Waals surface area contributed by atoms with Crippen molar-refractivity contribution >= 4 is 5.91 Å². The van der Waals surface area contributed by atoms with Crippen LogP contribution >= 0.6 is 0 Å². The van der Waals surface area contributed by atoms with E-state index in [1.54, 1.807) is 18.0 Å². The molecular weight excluding hydrogens is 376 g/mol. The molecule has 1 aliphatic rings. The number of methoxy groups -OCH3 is 1. The number of nitrogens with zero attached hydrogens (tertiary/aromatic N) is 4. The highest BCUT2D eigenvalue weighted by Crippen LogP contribution is 2.27. The van der Waals surface area contributed by atoms with E-state index in [1.807, 2.05) is 60.5 Å². The van der Waals surface area contributed by atoms with Crippen LogP contribution in [0.2, 0.25) is 0 Å². The molecule has 6 nitrogen and oxygen atoms in total. The van der Waals surface area contributed by atoms with E-state index in [2.05, 4.69) is 10.1 Å². The summed E-state index contributed by atoms with van der Waals surface area (Å²) in [6.45, 7) is 0.513. The number of benzene rings is 1. The Kier molecular flexibility index (Phi) is 6.12. The maximum absolute atomic E-state index is 13.5. The third-order valence-electron chi connectivity index (χ3n) is 5.82. The lowest BCUT2D eigenvalue weighted by Crippen LogP contribution is -2.41. The number of pyridine rings is 1. The first-order valence-corrected chi connectivity index (χ1v) is 10.5. The number of rotatable bonds is 6. The van der Waals surface area contributed by atoms with Gasteiger partial charge in [0.25, 0.3) is 5.91 Å². The second-order valence-corrected chi connectivity index (χ2v) is 7.81. The molecule has 0 atom stereocenters. The van der Waals surface area contributed by atoms with Crippen molar-refractivity contribution in [3.8, 4) is 17.0 Å². The van der Waals surface area contributed by atoms with E-state index < -0.39 is 0 Å². The second kappa shape index (κ2) is 9.11. The van der Waals surface area contributed by atoms with Crippen LogP contribution in [0.3, 0.4) is 0 Å². The Morgan fingerprint density at radius 1 is 1.13 bits per heavy atom. The highest BCUT2D eigenvalue weighted by atomic mass is 16.5. The molecule has 1 aliphatic carbocycles. The van der Waals surface area contributed by atoms with Gasteiger partial charge in [-0.25, -0.2) is 0 Å². The molecule has 1 aromatic carbocycles. The summed E-state index contributed by atoms with van der Waals surface area (Å²) in [4.78, 5) is 20.0. The van der Waals surface area contributed by atoms with Crippen LogP contribution < -0.4 is 4.74 Å². The first kappa shape index (κ1) is 20.1. The Morgan fingerprint density at radius 3 is 2.57 bits per heavy atom. The summed E-state index contributed by atoms with van der Waals surface area (Å²) < 4.78 is 7.02. The van der Waals surface area contributed by atoms with E-state index in [0.717, 1.165) is 48.4 Å². The number of carbonyl (C=O) groups is 1. The summed E-state index contributed by atoms with van der Waals surface area (Å²) >= 11 is 0. The van der Waals surface area contributed by atoms with E-state index in [-0.39, 0.29) is 11.9 Å². The molecule has 2 heterocycles. The van der Waals surface area contributed by atoms with Gasteiger partial charge in [-0.15, -0.1) is 0 Å². The van der Waals surface area contributed by atoms with Crippen LogP contribution in [0.4, 0.5) is 0 Å². The third-order valence-corrected chi connectivity index (χ3v) is 5.82. The lowest BCUT2D eigenvalue weighted by molar-refractivity contribution is 0.0604. The standard InChI is InChI=1S/C24H28N4O2/c1-27-23(18-11-13-21(30-2)14-12-18)16-22(26-27)24(29)28(20-9-4-3-5-10-20)17-19-8-6-7-15-25-19/h6-8,11-16,20H,3-5,9-10,17H2,1-2H3. The monoisotopic (exact) mass is 404 g/mol. The van der Waals surface area contributed by atoms with Gasteiger partial charge in [0.15, 0.2) is 5.69 Å². The van der Waals surface area contributed by atoms with E-state index in [9.17, 15) is 4.79 Å². The fraction of sp³-hybridized carbons (Fsp3) is 0.375. The summed E-state index contributed by atoms with van der Waals surface area (Å²) in [5.74, 6) is 0.777. The molecule has 0 saturated heterocycles. The molecule has 3 aromatic rings. The number of aromatic nitrogens is 3.